The van der Waals surface area contributed by atoms with E-state index in [-0.39, 0.29) is 54.7 Å². The first-order valence-corrected chi connectivity index (χ1v) is 20.0. The van der Waals surface area contributed by atoms with Crippen molar-refractivity contribution in [3.05, 3.63) is 48.6 Å². The van der Waals surface area contributed by atoms with Gasteiger partial charge in [0.25, 0.3) is 5.91 Å². The van der Waals surface area contributed by atoms with Gasteiger partial charge in [-0.3, -0.25) is 19.2 Å². The molecule has 2 aliphatic carbocycles. The number of urea groups is 1. The summed E-state index contributed by atoms with van der Waals surface area (Å²) in [6, 6.07) is 5.05. The Morgan fingerprint density at radius 2 is 1.71 bits per heavy atom. The molecule has 0 bridgehead atoms. The summed E-state index contributed by atoms with van der Waals surface area (Å²) >= 11 is 0. The number of fused-ring (bicyclic) bond motifs is 1. The summed E-state index contributed by atoms with van der Waals surface area (Å²) in [5, 5.41) is 11.0. The number of carbonyl (C=O) groups excluding carboxylic acids is 5. The summed E-state index contributed by atoms with van der Waals surface area (Å²) in [5.41, 5.74) is -1.38. The van der Waals surface area contributed by atoms with E-state index in [1.54, 1.807) is 24.3 Å². The molecule has 2 unspecified atom stereocenters. The third-order valence-corrected chi connectivity index (χ3v) is 12.7. The molecule has 0 aromatic heterocycles. The lowest BCUT2D eigenvalue weighted by molar-refractivity contribution is -0.145. The monoisotopic (exact) mass is 737 g/mol. The Bertz CT molecular complexity index is 1670. The summed E-state index contributed by atoms with van der Waals surface area (Å²) in [6.45, 7) is 13.4. The van der Waals surface area contributed by atoms with Crippen LogP contribution in [0, 0.1) is 35.0 Å². The third kappa shape index (κ3) is 9.62. The largest absolute Gasteiger partial charge is 0.346 e. The van der Waals surface area contributed by atoms with Gasteiger partial charge in [0.05, 0.1) is 23.1 Å². The fourth-order valence-electron chi connectivity index (χ4n) is 8.03. The first-order valence-electron chi connectivity index (χ1n) is 18.2. The number of carbonyl (C=O) groups is 5. The molecule has 4 rings (SSSR count). The van der Waals surface area contributed by atoms with Crippen molar-refractivity contribution in [2.24, 2.45) is 22.7 Å². The van der Waals surface area contributed by atoms with E-state index in [2.05, 4.69) is 33.8 Å². The second kappa shape index (κ2) is 16.2. The van der Waals surface area contributed by atoms with Crippen molar-refractivity contribution in [1.82, 2.24) is 26.2 Å². The highest BCUT2D eigenvalue weighted by Crippen LogP contribution is 2.65. The number of nitrogens with zero attached hydrogens (tertiary/aromatic N) is 1. The van der Waals surface area contributed by atoms with E-state index in [1.807, 2.05) is 40.7 Å². The maximum Gasteiger partial charge on any atom is 0.315 e. The van der Waals surface area contributed by atoms with E-state index in [4.69, 9.17) is 6.42 Å². The first-order chi connectivity index (χ1) is 24.4. The molecule has 284 valence electrons. The zero-order valence-corrected chi connectivity index (χ0v) is 31.9. The molecule has 52 heavy (non-hydrogen) atoms. The van der Waals surface area contributed by atoms with E-state index in [0.717, 1.165) is 19.3 Å². The maximum absolute atomic E-state index is 14.5. The third-order valence-electron chi connectivity index (χ3n) is 10.9. The lowest BCUT2D eigenvalue weighted by Crippen LogP contribution is -2.64. The van der Waals surface area contributed by atoms with E-state index in [0.29, 0.717) is 18.4 Å². The minimum atomic E-state index is -3.61. The number of nitrogens with one attached hydrogen (secondary N) is 4. The normalized spacial score (nSPS) is 22.8. The standard InChI is InChI=1S/C39H55N5O7S/c1-8-10-19-28(31(45)34(47)40-22-9-2)41-33(46)30-29-27(38(29,6)7)23-44(30)35(48)32(37(3,4)5)42-36(49)43-39(20-15-12-16-21-39)25-52(50,51)24-26-17-13-11-14-18-26/h1,9,11,13-14,17-18,27-30,32H,2,10,12,15-16,19-25H2,3-7H3,(H,40,47)(H,41,46)(H2,42,43,49)/t27?,28?,29-,30-,32+/m0/s1. The molecule has 1 heterocycles. The zero-order chi connectivity index (χ0) is 38.5. The van der Waals surface area contributed by atoms with E-state index in [1.165, 1.54) is 11.0 Å². The molecule has 1 aromatic carbocycles. The van der Waals surface area contributed by atoms with Gasteiger partial charge in [0.1, 0.15) is 12.1 Å². The summed E-state index contributed by atoms with van der Waals surface area (Å²) in [5.74, 6) is -0.876. The molecule has 3 aliphatic rings. The van der Waals surface area contributed by atoms with Crippen molar-refractivity contribution in [1.29, 1.82) is 0 Å². The number of hydrogen-bond acceptors (Lipinski definition) is 7. The number of terminal acetylenes is 1. The van der Waals surface area contributed by atoms with Crippen LogP contribution < -0.4 is 21.3 Å². The smallest absolute Gasteiger partial charge is 0.315 e. The number of ketones is 1. The summed E-state index contributed by atoms with van der Waals surface area (Å²) < 4.78 is 26.9. The number of likely N-dealkylation sites (tertiary alicyclic amines) is 1. The number of rotatable bonds is 15. The van der Waals surface area contributed by atoms with Crippen molar-refractivity contribution in [2.75, 3.05) is 18.8 Å². The predicted molar refractivity (Wildman–Crippen MR) is 199 cm³/mol. The van der Waals surface area contributed by atoms with Crippen LogP contribution in [0.25, 0.3) is 0 Å². The predicted octanol–water partition coefficient (Wildman–Crippen LogP) is 3.27. The SMILES string of the molecule is C#CCCC(NC(=O)[C@@H]1[C@@H]2C(CN1C(=O)[C@@H](NC(=O)NC1(CS(=O)(=O)Cc3ccccc3)CCCCC1)C(C)(C)C)C2(C)C)C(=O)C(=O)NCC=C. The molecule has 1 aliphatic heterocycles. The molecule has 2 saturated carbocycles. The van der Waals surface area contributed by atoms with Crippen LogP contribution in [0.1, 0.15) is 85.1 Å². The number of benzene rings is 1. The van der Waals surface area contributed by atoms with Gasteiger partial charge < -0.3 is 26.2 Å². The van der Waals surface area contributed by atoms with Gasteiger partial charge in [-0.1, -0.05) is 90.3 Å². The Balaban J connectivity index is 1.54. The van der Waals surface area contributed by atoms with Crippen LogP contribution in [-0.2, 0) is 34.8 Å². The zero-order valence-electron chi connectivity index (χ0n) is 31.1. The number of sulfone groups is 1. The Labute approximate surface area is 308 Å². The second-order valence-corrected chi connectivity index (χ2v) is 18.4. The Morgan fingerprint density at radius 3 is 2.31 bits per heavy atom. The highest BCUT2D eigenvalue weighted by Gasteiger charge is 2.70. The van der Waals surface area contributed by atoms with Crippen LogP contribution in [0.5, 0.6) is 0 Å². The number of Topliss-reactive ketones (excluding diaryl/α,β-unsaturated/α-hetero) is 1. The average Bonchev–Trinajstić information content (AvgIpc) is 3.37. The van der Waals surface area contributed by atoms with Crippen LogP contribution in [0.2, 0.25) is 0 Å². The van der Waals surface area contributed by atoms with E-state index in [9.17, 15) is 32.4 Å². The van der Waals surface area contributed by atoms with Gasteiger partial charge in [0.2, 0.25) is 17.6 Å². The van der Waals surface area contributed by atoms with Crippen LogP contribution >= 0.6 is 0 Å². The Hall–Kier alpha value is -4.18. The van der Waals surface area contributed by atoms with Crippen LogP contribution in [0.15, 0.2) is 43.0 Å². The van der Waals surface area contributed by atoms with Gasteiger partial charge in [0, 0.05) is 19.5 Å². The maximum atomic E-state index is 14.5. The van der Waals surface area contributed by atoms with Crippen LogP contribution in [0.4, 0.5) is 4.79 Å². The molecule has 5 amide bonds. The topological polar surface area (TPSA) is 171 Å². The fraction of sp³-hybridized carbons (Fsp3) is 0.615. The van der Waals surface area contributed by atoms with Crippen LogP contribution in [0.3, 0.4) is 0 Å². The minimum Gasteiger partial charge on any atom is -0.346 e. The lowest BCUT2D eigenvalue weighted by atomic mass is 9.83. The van der Waals surface area contributed by atoms with Crippen molar-refractivity contribution >= 4 is 39.4 Å². The van der Waals surface area contributed by atoms with Crippen molar-refractivity contribution < 1.29 is 32.4 Å². The molecule has 5 atom stereocenters. The molecule has 1 aromatic rings. The number of amides is 5. The van der Waals surface area contributed by atoms with E-state index >= 15 is 0 Å². The van der Waals surface area contributed by atoms with Crippen molar-refractivity contribution in [3.8, 4) is 12.3 Å². The highest BCUT2D eigenvalue weighted by atomic mass is 32.2. The minimum absolute atomic E-state index is 0.0118. The first kappa shape index (κ1) is 40.6. The Kier molecular flexibility index (Phi) is 12.7. The van der Waals surface area contributed by atoms with Crippen molar-refractivity contribution in [3.63, 3.8) is 0 Å². The van der Waals surface area contributed by atoms with Gasteiger partial charge in [-0.2, -0.15) is 0 Å². The lowest BCUT2D eigenvalue weighted by Gasteiger charge is -2.40. The van der Waals surface area contributed by atoms with Crippen LogP contribution in [-0.4, -0.2) is 85.4 Å². The van der Waals surface area contributed by atoms with E-state index < -0.39 is 68.5 Å². The molecule has 12 nitrogen and oxygen atoms in total. The Morgan fingerprint density at radius 1 is 1.06 bits per heavy atom. The highest BCUT2D eigenvalue weighted by molar-refractivity contribution is 7.90. The second-order valence-electron chi connectivity index (χ2n) is 16.3. The van der Waals surface area contributed by atoms with Gasteiger partial charge in [-0.15, -0.1) is 18.9 Å². The van der Waals surface area contributed by atoms with Gasteiger partial charge in [0.15, 0.2) is 9.84 Å². The molecular weight excluding hydrogens is 683 g/mol. The molecule has 4 N–H and O–H groups in total. The fourth-order valence-corrected chi connectivity index (χ4v) is 10.0. The molecular formula is C39H55N5O7S. The number of hydrogen-bond donors (Lipinski definition) is 4. The molecule has 0 radical (unpaired) electrons. The average molecular weight is 738 g/mol. The molecule has 0 spiro atoms. The summed E-state index contributed by atoms with van der Waals surface area (Å²) in [7, 11) is -3.61. The molecule has 1 saturated heterocycles. The quantitative estimate of drug-likeness (QED) is 0.122. The van der Waals surface area contributed by atoms with Gasteiger partial charge >= 0.3 is 6.03 Å². The summed E-state index contributed by atoms with van der Waals surface area (Å²) in [4.78, 5) is 69.4. The van der Waals surface area contributed by atoms with Gasteiger partial charge in [-0.25, -0.2) is 13.2 Å². The van der Waals surface area contributed by atoms with Crippen molar-refractivity contribution in [2.45, 2.75) is 109 Å². The summed E-state index contributed by atoms with van der Waals surface area (Å²) in [6.07, 6.45) is 10.5. The number of piperidine rings is 1. The molecule has 3 fully saturated rings. The van der Waals surface area contributed by atoms with Gasteiger partial charge in [-0.05, 0) is 47.5 Å². The molecule has 13 heteroatoms.